The Morgan fingerprint density at radius 1 is 0.444 bits per heavy atom. The number of pyridine rings is 4. The van der Waals surface area contributed by atoms with E-state index in [9.17, 15) is 120 Å². The molecule has 0 saturated carbocycles. The molecule has 5 saturated heterocycles. The highest BCUT2D eigenvalue weighted by molar-refractivity contribution is 7.75. The highest BCUT2D eigenvalue weighted by Crippen LogP contribution is 2.83. The maximum absolute atomic E-state index is 13.0. The molecule has 45 nitrogen and oxygen atoms in total. The van der Waals surface area contributed by atoms with Crippen LogP contribution in [-0.2, 0) is 117 Å². The van der Waals surface area contributed by atoms with Gasteiger partial charge in [0.2, 0.25) is 25.2 Å². The van der Waals surface area contributed by atoms with Gasteiger partial charge in [0, 0.05) is 86.4 Å². The molecule has 126 heavy (non-hydrogen) atoms. The van der Waals surface area contributed by atoms with Crippen LogP contribution in [0.2, 0.25) is 0 Å². The fraction of sp³-hybridized carbons (Fsp3) is 0.329. The largest absolute Gasteiger partial charge is 0.514 e. The summed E-state index contributed by atoms with van der Waals surface area (Å²) in [6, 6.07) is 30.8. The van der Waals surface area contributed by atoms with Crippen LogP contribution in [0.15, 0.2) is 183 Å². The number of cyclic esters (lactones) is 1. The molecule has 0 bridgehead atoms. The van der Waals surface area contributed by atoms with E-state index in [0.29, 0.717) is 16.0 Å². The molecule has 0 spiro atoms. The summed E-state index contributed by atoms with van der Waals surface area (Å²) in [5, 5.41) is 30.5. The number of carbonyl (C=O) groups is 5. The molecule has 12 N–H and O–H groups in total. The smallest absolute Gasteiger partial charge is 0.447 e. The second-order valence-electron chi connectivity index (χ2n) is 29.2. The Morgan fingerprint density at radius 3 is 1.03 bits per heavy atom. The Morgan fingerprint density at radius 2 is 0.754 bits per heavy atom. The number of rotatable bonds is 17. The first-order valence-corrected chi connectivity index (χ1v) is 49.2. The summed E-state index contributed by atoms with van der Waals surface area (Å²) in [4.78, 5) is 158. The molecule has 4 aromatic carbocycles. The minimum absolute atomic E-state index is 0.0135. The highest BCUT2D eigenvalue weighted by atomic mass is 31.3. The maximum atomic E-state index is 13.0. The van der Waals surface area contributed by atoms with Gasteiger partial charge in [-0.05, 0) is 144 Å². The molecule has 8 aromatic rings. The van der Waals surface area contributed by atoms with Crippen LogP contribution in [0, 0.1) is 19.3 Å². The van der Waals surface area contributed by atoms with E-state index in [4.69, 9.17) is 59.9 Å². The van der Waals surface area contributed by atoms with Crippen molar-refractivity contribution in [3.8, 4) is 23.0 Å². The van der Waals surface area contributed by atoms with E-state index < -0.39 is 168 Å². The van der Waals surface area contributed by atoms with E-state index in [1.54, 1.807) is 54.5 Å². The molecule has 5 fully saturated rings. The Hall–Kier alpha value is -8.73. The van der Waals surface area contributed by atoms with Gasteiger partial charge in [0.25, 0.3) is 20.3 Å². The minimum atomic E-state index is -5.25. The lowest BCUT2D eigenvalue weighted by Crippen LogP contribution is -2.38. The Labute approximate surface area is 715 Å². The molecule has 8 atom stereocenters. The lowest BCUT2D eigenvalue weighted by Gasteiger charge is -2.41. The zero-order chi connectivity index (χ0) is 92.8. The van der Waals surface area contributed by atoms with Gasteiger partial charge in [0.15, 0.2) is 0 Å². The summed E-state index contributed by atoms with van der Waals surface area (Å²) in [5.41, 5.74) is 1.18. The van der Waals surface area contributed by atoms with Gasteiger partial charge < -0.3 is 92.7 Å². The summed E-state index contributed by atoms with van der Waals surface area (Å²) in [7, 11) is -40.1. The molecule has 2 amide bonds. The number of hydrogen-bond acceptors (Lipinski definition) is 36. The summed E-state index contributed by atoms with van der Waals surface area (Å²) < 4.78 is 178. The van der Waals surface area contributed by atoms with Crippen LogP contribution in [0.3, 0.4) is 0 Å². The predicted molar refractivity (Wildman–Crippen MR) is 429 cm³/mol. The maximum Gasteiger partial charge on any atom is 0.514 e. The second kappa shape index (κ2) is 38.9. The molecule has 9 heterocycles. The summed E-state index contributed by atoms with van der Waals surface area (Å²) >= 11 is 0. The number of aromatic nitrogens is 4. The van der Waals surface area contributed by atoms with Crippen molar-refractivity contribution < 1.29 is 189 Å². The van der Waals surface area contributed by atoms with Crippen LogP contribution in [0.1, 0.15) is 115 Å². The molecule has 0 radical (unpaired) electrons. The molecule has 5 aliphatic rings. The third-order valence-electron chi connectivity index (χ3n) is 18.2. The Bertz CT molecular complexity index is 5630. The molecular weight excluding hydrogens is 1830 g/mol. The van der Waals surface area contributed by atoms with Crippen molar-refractivity contribution in [2.24, 2.45) is 5.41 Å². The molecule has 13 rings (SSSR count). The second-order valence-corrected chi connectivity index (χ2v) is 46.5. The van der Waals surface area contributed by atoms with Crippen LogP contribution in [0.25, 0.3) is 0 Å². The zero-order valence-electron chi connectivity index (χ0n) is 67.1. The number of nitrogens with zero attached hydrogens (tertiary/aromatic N) is 5. The SMILES string of the molecule is CC(C)(C)C(=O)Oc1ccc(C2OP(=O)(O)C(O)(Cc3cccnc3)P(=O)(O)O2)cc1.CC(C)OC(=O)Oc1ccc(C2OP(=O)(O)C(O)(Cc3cccnc3)P(=O)(O)O2)cc1.COC(=O)Oc1ccc(C)cc1C1OP(=O)(O)C(O)(Cc2cccnc2)P(=O)(O)O1.Cc1ccc(OC(=O)N2CCOC2=O)c(C2OP(=O)(O)C(O)(Cc3cccnc3)P(=O)(O)O2)c1. The Balaban J connectivity index is 0.000000176. The lowest BCUT2D eigenvalue weighted by atomic mass is 9.97. The average Bonchev–Trinajstić information content (AvgIpc) is 0.817. The number of aryl methyl sites for hydroxylation is 2. The summed E-state index contributed by atoms with van der Waals surface area (Å²) in [5.74, 6) is -0.622. The van der Waals surface area contributed by atoms with Crippen LogP contribution in [0.5, 0.6) is 23.0 Å². The van der Waals surface area contributed by atoms with Gasteiger partial charge in [-0.3, -0.25) is 97.4 Å². The number of methoxy groups -OCH3 is 1. The van der Waals surface area contributed by atoms with Crippen molar-refractivity contribution in [1.82, 2.24) is 24.8 Å². The minimum Gasteiger partial charge on any atom is -0.447 e. The molecule has 0 aliphatic carbocycles. The standard InChI is InChI=1S/C19H20N2O11P2.C19H23NO9P2.C18H21NO10P2.C17H19NO10P2/c1-12-4-5-15(30-18(23)21-7-8-29-17(21)22)14(9-12)16-31-33(25,26)19(24,34(27,28)32-16)10-13-3-2-6-20-11-13;1-18(2,3)17(21)27-15-8-6-14(7-9-15)16-28-30(23,24)19(22,31(25,26)29-16)11-13-5-4-10-20-12-13;1-12(2)26-17(20)27-15-7-5-14(6-8-15)16-28-30(22,23)18(21,31(24,25)29-16)10-13-4-3-9-19-11-13;1-11-5-6-14(26-16(19)25-2)13(8-11)15-27-29(21,22)17(20,30(23,24)28-15)9-12-4-3-7-18-10-12/h2-6,9,11,16,24H,7-8,10H2,1H3,(H,25,26)(H,27,28);4-10,12,16,22H,11H2,1-3H3,(H,23,24)(H,25,26);3-9,11-12,16,21H,10H2,1-2H3,(H,22,23)(H,24,25);3-8,10,15,20H,9H2,1-2H3,(H,21,22)(H,23,24). The van der Waals surface area contributed by atoms with E-state index in [1.165, 1.54) is 177 Å². The normalized spacial score (nSPS) is 31.1. The van der Waals surface area contributed by atoms with Crippen molar-refractivity contribution >= 4 is 91.2 Å². The van der Waals surface area contributed by atoms with Gasteiger partial charge in [-0.2, -0.15) is 0 Å². The van der Waals surface area contributed by atoms with E-state index in [-0.39, 0.29) is 86.8 Å². The van der Waals surface area contributed by atoms with Gasteiger partial charge in [0.05, 0.1) is 36.3 Å². The number of hydrogen-bond donors (Lipinski definition) is 12. The number of esters is 1. The monoisotopic (exact) mass is 1920 g/mol. The first kappa shape index (κ1) is 99.4. The topological polar surface area (TPSA) is 658 Å². The van der Waals surface area contributed by atoms with Crippen LogP contribution in [-0.4, -0.2) is 162 Å². The van der Waals surface area contributed by atoms with Crippen molar-refractivity contribution in [3.05, 3.63) is 239 Å². The van der Waals surface area contributed by atoms with Crippen molar-refractivity contribution in [3.63, 3.8) is 0 Å². The van der Waals surface area contributed by atoms with Gasteiger partial charge in [-0.1, -0.05) is 71.8 Å². The number of ether oxygens (including phenoxy) is 7. The average molecular weight is 1920 g/mol. The van der Waals surface area contributed by atoms with Crippen molar-refractivity contribution in [2.45, 2.75) is 126 Å². The number of amides is 2. The first-order chi connectivity index (χ1) is 58.6. The van der Waals surface area contributed by atoms with Gasteiger partial charge in [-0.25, -0.2) is 24.1 Å². The van der Waals surface area contributed by atoms with Crippen LogP contribution < -0.4 is 18.9 Å². The highest BCUT2D eigenvalue weighted by Gasteiger charge is 2.71. The quantitative estimate of drug-likeness (QED) is 0.0132. The number of benzene rings is 4. The molecule has 53 heteroatoms. The van der Waals surface area contributed by atoms with E-state index in [0.717, 1.165) is 7.11 Å². The molecular formula is C73H83N5O40P8. The van der Waals surface area contributed by atoms with E-state index in [2.05, 4.69) is 29.4 Å². The van der Waals surface area contributed by atoms with Crippen molar-refractivity contribution in [1.29, 1.82) is 0 Å². The molecule has 8 unspecified atom stereocenters. The number of imide groups is 1. The van der Waals surface area contributed by atoms with E-state index >= 15 is 0 Å². The van der Waals surface area contributed by atoms with Crippen LogP contribution >= 0.6 is 60.8 Å². The van der Waals surface area contributed by atoms with Crippen LogP contribution in [0.4, 0.5) is 19.2 Å². The van der Waals surface area contributed by atoms with Crippen molar-refractivity contribution in [2.75, 3.05) is 20.3 Å². The van der Waals surface area contributed by atoms with Gasteiger partial charge in [0.1, 0.15) is 29.6 Å². The predicted octanol–water partition coefficient (Wildman–Crippen LogP) is 12.1. The first-order valence-electron chi connectivity index (χ1n) is 36.6. The third-order valence-corrected chi connectivity index (χ3v) is 36.6. The number of aliphatic hydroxyl groups is 4. The molecule has 4 aromatic heterocycles. The lowest BCUT2D eigenvalue weighted by molar-refractivity contribution is -0.143. The van der Waals surface area contributed by atoms with Gasteiger partial charge in [-0.15, -0.1) is 0 Å². The number of carbonyl (C=O) groups excluding carboxylic acids is 5. The van der Waals surface area contributed by atoms with Gasteiger partial charge >= 0.3 is 91.2 Å². The van der Waals surface area contributed by atoms with E-state index in [1.807, 2.05) is 0 Å². The molecule has 5 aliphatic heterocycles. The summed E-state index contributed by atoms with van der Waals surface area (Å²) in [6.45, 7) is 11.6. The molecule has 680 valence electrons. The Kier molecular flexibility index (Phi) is 30.7. The fourth-order valence-corrected chi connectivity index (χ4v) is 25.8. The fourth-order valence-electron chi connectivity index (χ4n) is 11.5. The zero-order valence-corrected chi connectivity index (χ0v) is 74.2. The summed E-state index contributed by atoms with van der Waals surface area (Å²) in [6.07, 6.45) is -3.78. The third kappa shape index (κ3) is 22.4.